The SMILES string of the molecule is Cc1oc2ccccc2c1CN(C)Cc1ccccc1. The monoisotopic (exact) mass is 265 g/mol. The van der Waals surface area contributed by atoms with Crippen LogP contribution in [0.1, 0.15) is 16.9 Å². The van der Waals surface area contributed by atoms with Crippen molar-refractivity contribution in [3.8, 4) is 0 Å². The van der Waals surface area contributed by atoms with Crippen molar-refractivity contribution in [2.75, 3.05) is 7.05 Å². The minimum atomic E-state index is 0.901. The summed E-state index contributed by atoms with van der Waals surface area (Å²) in [5.74, 6) is 1.02. The summed E-state index contributed by atoms with van der Waals surface area (Å²) in [6, 6.07) is 18.8. The Balaban J connectivity index is 1.81. The van der Waals surface area contributed by atoms with E-state index in [2.05, 4.69) is 54.4 Å². The number of benzene rings is 2. The second-order valence-electron chi connectivity index (χ2n) is 5.29. The van der Waals surface area contributed by atoms with E-state index in [4.69, 9.17) is 4.42 Å². The molecule has 3 rings (SSSR count). The summed E-state index contributed by atoms with van der Waals surface area (Å²) >= 11 is 0. The highest BCUT2D eigenvalue weighted by Gasteiger charge is 2.12. The highest BCUT2D eigenvalue weighted by atomic mass is 16.3. The molecule has 0 amide bonds. The topological polar surface area (TPSA) is 16.4 Å². The number of nitrogens with zero attached hydrogens (tertiary/aromatic N) is 1. The van der Waals surface area contributed by atoms with Gasteiger partial charge in [0.15, 0.2) is 0 Å². The van der Waals surface area contributed by atoms with E-state index in [0.29, 0.717) is 0 Å². The lowest BCUT2D eigenvalue weighted by Crippen LogP contribution is -2.17. The van der Waals surface area contributed by atoms with Crippen molar-refractivity contribution in [3.05, 3.63) is 71.5 Å². The van der Waals surface area contributed by atoms with E-state index >= 15 is 0 Å². The van der Waals surface area contributed by atoms with Crippen LogP contribution in [-0.4, -0.2) is 11.9 Å². The van der Waals surface area contributed by atoms with Gasteiger partial charge in [-0.2, -0.15) is 0 Å². The van der Waals surface area contributed by atoms with Crippen LogP contribution in [-0.2, 0) is 13.1 Å². The van der Waals surface area contributed by atoms with Crippen molar-refractivity contribution in [1.29, 1.82) is 0 Å². The molecule has 2 heteroatoms. The summed E-state index contributed by atoms with van der Waals surface area (Å²) < 4.78 is 5.82. The summed E-state index contributed by atoms with van der Waals surface area (Å²) in [7, 11) is 2.15. The van der Waals surface area contributed by atoms with Gasteiger partial charge < -0.3 is 4.42 Å². The highest BCUT2D eigenvalue weighted by molar-refractivity contribution is 5.82. The van der Waals surface area contributed by atoms with E-state index < -0.39 is 0 Å². The van der Waals surface area contributed by atoms with Gasteiger partial charge in [0, 0.05) is 24.0 Å². The van der Waals surface area contributed by atoms with Gasteiger partial charge in [0.05, 0.1) is 0 Å². The number of furan rings is 1. The number of fused-ring (bicyclic) bond motifs is 1. The third kappa shape index (κ3) is 2.61. The van der Waals surface area contributed by atoms with Crippen molar-refractivity contribution in [3.63, 3.8) is 0 Å². The van der Waals surface area contributed by atoms with Gasteiger partial charge in [0.25, 0.3) is 0 Å². The molecule has 1 aromatic heterocycles. The van der Waals surface area contributed by atoms with Crippen LogP contribution in [0, 0.1) is 6.92 Å². The quantitative estimate of drug-likeness (QED) is 0.696. The molecule has 1 heterocycles. The molecule has 2 nitrogen and oxygen atoms in total. The van der Waals surface area contributed by atoms with Crippen LogP contribution in [0.4, 0.5) is 0 Å². The molecule has 0 fully saturated rings. The van der Waals surface area contributed by atoms with Gasteiger partial charge in [-0.1, -0.05) is 48.5 Å². The van der Waals surface area contributed by atoms with Crippen LogP contribution in [0.3, 0.4) is 0 Å². The van der Waals surface area contributed by atoms with Crippen molar-refractivity contribution < 1.29 is 4.42 Å². The zero-order valence-corrected chi connectivity index (χ0v) is 12.0. The Morgan fingerprint density at radius 2 is 1.60 bits per heavy atom. The summed E-state index contributed by atoms with van der Waals surface area (Å²) in [5.41, 5.74) is 3.60. The normalized spacial score (nSPS) is 11.3. The minimum Gasteiger partial charge on any atom is -0.461 e. The second-order valence-corrected chi connectivity index (χ2v) is 5.29. The van der Waals surface area contributed by atoms with E-state index in [-0.39, 0.29) is 0 Å². The lowest BCUT2D eigenvalue weighted by atomic mass is 10.1. The third-order valence-corrected chi connectivity index (χ3v) is 3.62. The second kappa shape index (κ2) is 5.51. The highest BCUT2D eigenvalue weighted by Crippen LogP contribution is 2.26. The van der Waals surface area contributed by atoms with Crippen molar-refractivity contribution in [2.24, 2.45) is 0 Å². The Bertz CT molecular complexity index is 700. The van der Waals surface area contributed by atoms with Gasteiger partial charge in [-0.25, -0.2) is 0 Å². The predicted octanol–water partition coefficient (Wildman–Crippen LogP) is 4.37. The van der Waals surface area contributed by atoms with Gasteiger partial charge >= 0.3 is 0 Å². The van der Waals surface area contributed by atoms with E-state index in [0.717, 1.165) is 24.4 Å². The fourth-order valence-electron chi connectivity index (χ4n) is 2.64. The van der Waals surface area contributed by atoms with Crippen LogP contribution in [0.5, 0.6) is 0 Å². The van der Waals surface area contributed by atoms with Crippen molar-refractivity contribution in [1.82, 2.24) is 4.90 Å². The van der Waals surface area contributed by atoms with Crippen LogP contribution < -0.4 is 0 Å². The molecule has 0 radical (unpaired) electrons. The molecule has 0 N–H and O–H groups in total. The summed E-state index contributed by atoms with van der Waals surface area (Å²) in [5, 5.41) is 1.23. The van der Waals surface area contributed by atoms with E-state index in [1.807, 2.05) is 19.1 Å². The maximum atomic E-state index is 5.82. The summed E-state index contributed by atoms with van der Waals surface area (Å²) in [6.07, 6.45) is 0. The lowest BCUT2D eigenvalue weighted by Gasteiger charge is -2.16. The smallest absolute Gasteiger partial charge is 0.134 e. The molecule has 2 aromatic carbocycles. The maximum absolute atomic E-state index is 5.82. The average molecular weight is 265 g/mol. The number of aryl methyl sites for hydroxylation is 1. The molecular formula is C18H19NO. The number of hydrogen-bond acceptors (Lipinski definition) is 2. The Hall–Kier alpha value is -2.06. The van der Waals surface area contributed by atoms with Gasteiger partial charge in [0.1, 0.15) is 11.3 Å². The van der Waals surface area contributed by atoms with Gasteiger partial charge in [0.2, 0.25) is 0 Å². The first kappa shape index (κ1) is 12.9. The molecule has 0 saturated carbocycles. The third-order valence-electron chi connectivity index (χ3n) is 3.62. The number of hydrogen-bond donors (Lipinski definition) is 0. The van der Waals surface area contributed by atoms with Crippen LogP contribution >= 0.6 is 0 Å². The molecular weight excluding hydrogens is 246 g/mol. The van der Waals surface area contributed by atoms with Crippen LogP contribution in [0.2, 0.25) is 0 Å². The molecule has 0 aliphatic rings. The molecule has 20 heavy (non-hydrogen) atoms. The first-order valence-electron chi connectivity index (χ1n) is 6.93. The fourth-order valence-corrected chi connectivity index (χ4v) is 2.64. The largest absolute Gasteiger partial charge is 0.461 e. The van der Waals surface area contributed by atoms with Crippen molar-refractivity contribution >= 4 is 11.0 Å². The maximum Gasteiger partial charge on any atom is 0.134 e. The fraction of sp³-hybridized carbons (Fsp3) is 0.222. The van der Waals surface area contributed by atoms with Gasteiger partial charge in [-0.3, -0.25) is 4.90 Å². The van der Waals surface area contributed by atoms with Crippen molar-refractivity contribution in [2.45, 2.75) is 20.0 Å². The van der Waals surface area contributed by atoms with Gasteiger partial charge in [-0.05, 0) is 25.6 Å². The number of rotatable bonds is 4. The molecule has 0 aliphatic carbocycles. The summed E-state index contributed by atoms with van der Waals surface area (Å²) in [6.45, 7) is 3.89. The first-order valence-corrected chi connectivity index (χ1v) is 6.93. The Kier molecular flexibility index (Phi) is 3.57. The van der Waals surface area contributed by atoms with Crippen LogP contribution in [0.15, 0.2) is 59.0 Å². The first-order chi connectivity index (χ1) is 9.74. The molecule has 0 bridgehead atoms. The Labute approximate surface area is 119 Å². The average Bonchev–Trinajstić information content (AvgIpc) is 2.76. The Morgan fingerprint density at radius 1 is 0.900 bits per heavy atom. The molecule has 0 aliphatic heterocycles. The molecule has 3 aromatic rings. The summed E-state index contributed by atoms with van der Waals surface area (Å²) in [4.78, 5) is 2.32. The zero-order valence-electron chi connectivity index (χ0n) is 12.0. The Morgan fingerprint density at radius 3 is 2.40 bits per heavy atom. The predicted molar refractivity (Wildman–Crippen MR) is 82.6 cm³/mol. The molecule has 0 atom stereocenters. The lowest BCUT2D eigenvalue weighted by molar-refractivity contribution is 0.317. The van der Waals surface area contributed by atoms with Gasteiger partial charge in [-0.15, -0.1) is 0 Å². The minimum absolute atomic E-state index is 0.901. The van der Waals surface area contributed by atoms with E-state index in [9.17, 15) is 0 Å². The number of para-hydroxylation sites is 1. The zero-order chi connectivity index (χ0) is 13.9. The molecule has 0 unspecified atom stereocenters. The van der Waals surface area contributed by atoms with E-state index in [1.165, 1.54) is 16.5 Å². The molecule has 0 spiro atoms. The molecule has 0 saturated heterocycles. The molecule has 102 valence electrons. The van der Waals surface area contributed by atoms with E-state index in [1.54, 1.807) is 0 Å². The standard InChI is InChI=1S/C18H19NO/c1-14-17(16-10-6-7-11-18(16)20-14)13-19(2)12-15-8-4-3-5-9-15/h3-11H,12-13H2,1-2H3. The van der Waals surface area contributed by atoms with Crippen LogP contribution in [0.25, 0.3) is 11.0 Å².